The van der Waals surface area contributed by atoms with E-state index >= 15 is 0 Å². The maximum Gasteiger partial charge on any atom is 0.249 e. The van der Waals surface area contributed by atoms with E-state index in [1.165, 1.54) is 18.9 Å². The summed E-state index contributed by atoms with van der Waals surface area (Å²) in [7, 11) is 3.09. The summed E-state index contributed by atoms with van der Waals surface area (Å²) in [6.07, 6.45) is 1.09. The molecule has 8 nitrogen and oxygen atoms in total. The molecule has 0 saturated heterocycles. The lowest BCUT2D eigenvalue weighted by Crippen LogP contribution is -2.24. The van der Waals surface area contributed by atoms with Gasteiger partial charge in [-0.15, -0.1) is 0 Å². The molecule has 3 rings (SSSR count). The largest absolute Gasteiger partial charge is 0.497 e. The van der Waals surface area contributed by atoms with E-state index in [0.717, 1.165) is 5.56 Å². The van der Waals surface area contributed by atoms with Crippen LogP contribution in [0.25, 0.3) is 0 Å². The van der Waals surface area contributed by atoms with Gasteiger partial charge in [-0.3, -0.25) is 9.59 Å². The molecular weight excluding hydrogens is 434 g/mol. The standard InChI is InChI=1S/C26H27N3O5/c1-18-6-4-7-20(12-18)17-34-23-11-10-19(13-24(23)33-3)16-27-29-26(31)15-25(30)28-21-8-5-9-22(14-21)32-2/h4-14,16H,15,17H2,1-3H3,(H,28,30)(H,29,31). The summed E-state index contributed by atoms with van der Waals surface area (Å²) < 4.78 is 16.4. The molecule has 0 radical (unpaired) electrons. The maximum atomic E-state index is 12.1. The number of hydrogen-bond acceptors (Lipinski definition) is 6. The number of anilines is 1. The first-order valence-electron chi connectivity index (χ1n) is 10.6. The van der Waals surface area contributed by atoms with Gasteiger partial charge < -0.3 is 19.5 Å². The van der Waals surface area contributed by atoms with Crippen LogP contribution >= 0.6 is 0 Å². The topological polar surface area (TPSA) is 98.2 Å². The molecule has 2 amide bonds. The summed E-state index contributed by atoms with van der Waals surface area (Å²) in [5.74, 6) is 0.744. The van der Waals surface area contributed by atoms with Gasteiger partial charge in [0.15, 0.2) is 11.5 Å². The van der Waals surface area contributed by atoms with Crippen LogP contribution in [0.1, 0.15) is 23.1 Å². The number of amides is 2. The van der Waals surface area contributed by atoms with E-state index in [1.54, 1.807) is 49.6 Å². The number of aryl methyl sites for hydroxylation is 1. The molecule has 0 fully saturated rings. The van der Waals surface area contributed by atoms with Crippen LogP contribution in [0.3, 0.4) is 0 Å². The Balaban J connectivity index is 1.51. The second kappa shape index (κ2) is 12.1. The Morgan fingerprint density at radius 2 is 1.74 bits per heavy atom. The molecule has 0 heterocycles. The van der Waals surface area contributed by atoms with Crippen molar-refractivity contribution in [2.45, 2.75) is 20.0 Å². The number of methoxy groups -OCH3 is 2. The molecule has 0 aliphatic carbocycles. The quantitative estimate of drug-likeness (QED) is 0.269. The van der Waals surface area contributed by atoms with Gasteiger partial charge in [0.1, 0.15) is 18.8 Å². The fraction of sp³-hybridized carbons (Fsp3) is 0.192. The molecule has 0 atom stereocenters. The van der Waals surface area contributed by atoms with Crippen molar-refractivity contribution in [3.8, 4) is 17.2 Å². The van der Waals surface area contributed by atoms with Gasteiger partial charge in [-0.25, -0.2) is 5.43 Å². The smallest absolute Gasteiger partial charge is 0.249 e. The number of hydrazone groups is 1. The third kappa shape index (κ3) is 7.37. The van der Waals surface area contributed by atoms with Gasteiger partial charge in [-0.1, -0.05) is 35.9 Å². The Hall–Kier alpha value is -4.33. The molecule has 0 saturated carbocycles. The molecule has 0 aliphatic rings. The number of benzene rings is 3. The number of nitrogens with one attached hydrogen (secondary N) is 2. The van der Waals surface area contributed by atoms with Crippen molar-refractivity contribution in [1.82, 2.24) is 5.43 Å². The second-order valence-electron chi connectivity index (χ2n) is 7.44. The maximum absolute atomic E-state index is 12.1. The van der Waals surface area contributed by atoms with Crippen LogP contribution < -0.4 is 25.0 Å². The van der Waals surface area contributed by atoms with Gasteiger partial charge in [0, 0.05) is 11.8 Å². The van der Waals surface area contributed by atoms with Crippen molar-refractivity contribution < 1.29 is 23.8 Å². The Labute approximate surface area is 198 Å². The normalized spacial score (nSPS) is 10.6. The van der Waals surface area contributed by atoms with Crippen LogP contribution in [0.4, 0.5) is 5.69 Å². The Morgan fingerprint density at radius 1 is 0.912 bits per heavy atom. The predicted octanol–water partition coefficient (Wildman–Crippen LogP) is 4.07. The van der Waals surface area contributed by atoms with Gasteiger partial charge >= 0.3 is 0 Å². The van der Waals surface area contributed by atoms with Crippen molar-refractivity contribution >= 4 is 23.7 Å². The molecule has 0 aliphatic heterocycles. The van der Waals surface area contributed by atoms with Crippen LogP contribution in [0.2, 0.25) is 0 Å². The molecule has 8 heteroatoms. The summed E-state index contributed by atoms with van der Waals surface area (Å²) in [6.45, 7) is 2.45. The number of carbonyl (C=O) groups is 2. The molecular formula is C26H27N3O5. The van der Waals surface area contributed by atoms with Crippen LogP contribution in [0, 0.1) is 6.92 Å². The lowest BCUT2D eigenvalue weighted by molar-refractivity contribution is -0.126. The van der Waals surface area contributed by atoms with Crippen molar-refractivity contribution in [2.24, 2.45) is 5.10 Å². The molecule has 2 N–H and O–H groups in total. The fourth-order valence-electron chi connectivity index (χ4n) is 3.12. The van der Waals surface area contributed by atoms with Gasteiger partial charge in [0.05, 0.1) is 20.4 Å². The molecule has 0 aromatic heterocycles. The molecule has 3 aromatic rings. The number of carbonyl (C=O) groups excluding carboxylic acids is 2. The van der Waals surface area contributed by atoms with Crippen molar-refractivity contribution in [3.63, 3.8) is 0 Å². The third-order valence-corrected chi connectivity index (χ3v) is 4.74. The van der Waals surface area contributed by atoms with Crippen molar-refractivity contribution in [3.05, 3.63) is 83.4 Å². The number of nitrogens with zero attached hydrogens (tertiary/aromatic N) is 1. The van der Waals surface area contributed by atoms with Gasteiger partial charge in [0.2, 0.25) is 11.8 Å². The third-order valence-electron chi connectivity index (χ3n) is 4.74. The first kappa shape index (κ1) is 24.3. The summed E-state index contributed by atoms with van der Waals surface area (Å²) in [5.41, 5.74) is 5.81. The fourth-order valence-corrected chi connectivity index (χ4v) is 3.12. The minimum atomic E-state index is -0.540. The minimum Gasteiger partial charge on any atom is -0.497 e. The van der Waals surface area contributed by atoms with Crippen molar-refractivity contribution in [2.75, 3.05) is 19.5 Å². The Bertz CT molecular complexity index is 1180. The van der Waals surface area contributed by atoms with E-state index in [4.69, 9.17) is 14.2 Å². The molecule has 3 aromatic carbocycles. The number of hydrogen-bond donors (Lipinski definition) is 2. The first-order valence-corrected chi connectivity index (χ1v) is 10.6. The lowest BCUT2D eigenvalue weighted by Gasteiger charge is -2.11. The highest BCUT2D eigenvalue weighted by molar-refractivity contribution is 6.03. The Morgan fingerprint density at radius 3 is 2.50 bits per heavy atom. The summed E-state index contributed by atoms with van der Waals surface area (Å²) in [6, 6.07) is 20.3. The van der Waals surface area contributed by atoms with Crippen molar-refractivity contribution in [1.29, 1.82) is 0 Å². The van der Waals surface area contributed by atoms with E-state index in [9.17, 15) is 9.59 Å². The van der Waals surface area contributed by atoms with Gasteiger partial charge in [-0.2, -0.15) is 5.10 Å². The van der Waals surface area contributed by atoms with Crippen LogP contribution in [-0.2, 0) is 16.2 Å². The summed E-state index contributed by atoms with van der Waals surface area (Å²) in [5, 5.41) is 6.56. The second-order valence-corrected chi connectivity index (χ2v) is 7.44. The summed E-state index contributed by atoms with van der Waals surface area (Å²) >= 11 is 0. The summed E-state index contributed by atoms with van der Waals surface area (Å²) in [4.78, 5) is 24.1. The average Bonchev–Trinajstić information content (AvgIpc) is 2.83. The number of ether oxygens (including phenoxy) is 3. The van der Waals surface area contributed by atoms with E-state index in [1.807, 2.05) is 25.1 Å². The highest BCUT2D eigenvalue weighted by Gasteiger charge is 2.10. The average molecular weight is 462 g/mol. The SMILES string of the molecule is COc1cccc(NC(=O)CC(=O)NN=Cc2ccc(OCc3cccc(C)c3)c(OC)c2)c1. The van der Waals surface area contributed by atoms with E-state index < -0.39 is 11.8 Å². The highest BCUT2D eigenvalue weighted by atomic mass is 16.5. The lowest BCUT2D eigenvalue weighted by atomic mass is 10.1. The minimum absolute atomic E-state index is 0.371. The Kier molecular flexibility index (Phi) is 8.62. The van der Waals surface area contributed by atoms with Gasteiger partial charge in [-0.05, 0) is 48.4 Å². The van der Waals surface area contributed by atoms with E-state index in [2.05, 4.69) is 21.9 Å². The zero-order valence-electron chi connectivity index (χ0n) is 19.3. The van der Waals surface area contributed by atoms with Crippen LogP contribution in [-0.4, -0.2) is 32.2 Å². The molecule has 0 bridgehead atoms. The zero-order chi connectivity index (χ0) is 24.3. The first-order chi connectivity index (χ1) is 16.5. The van der Waals surface area contributed by atoms with Gasteiger partial charge in [0.25, 0.3) is 0 Å². The molecule has 0 spiro atoms. The monoisotopic (exact) mass is 461 g/mol. The van der Waals surface area contributed by atoms with Crippen LogP contribution in [0.5, 0.6) is 17.2 Å². The zero-order valence-corrected chi connectivity index (χ0v) is 19.3. The molecule has 0 unspecified atom stereocenters. The predicted molar refractivity (Wildman–Crippen MR) is 130 cm³/mol. The highest BCUT2D eigenvalue weighted by Crippen LogP contribution is 2.28. The van der Waals surface area contributed by atoms with Crippen LogP contribution in [0.15, 0.2) is 71.8 Å². The van der Waals surface area contributed by atoms with E-state index in [-0.39, 0.29) is 6.42 Å². The molecule has 34 heavy (non-hydrogen) atoms. The molecule has 176 valence electrons. The van der Waals surface area contributed by atoms with E-state index in [0.29, 0.717) is 35.1 Å². The number of rotatable bonds is 10.